The first kappa shape index (κ1) is 27.9. The predicted molar refractivity (Wildman–Crippen MR) is 205 cm³/mol. The Labute approximate surface area is 283 Å². The zero-order chi connectivity index (χ0) is 32.3. The van der Waals surface area contributed by atoms with E-state index in [0.29, 0.717) is 0 Å². The second kappa shape index (κ2) is 11.2. The van der Waals surface area contributed by atoms with E-state index in [4.69, 9.17) is 8.83 Å². The Kier molecular flexibility index (Phi) is 6.41. The number of aryl methyl sites for hydroxylation is 2. The zero-order valence-electron chi connectivity index (χ0n) is 26.9. The molecular weight excluding hydrogens is 597 g/mol. The third kappa shape index (κ3) is 4.48. The van der Waals surface area contributed by atoms with Gasteiger partial charge in [-0.1, -0.05) is 133 Å². The van der Waals surface area contributed by atoms with E-state index >= 15 is 0 Å². The Morgan fingerprint density at radius 1 is 0.327 bits per heavy atom. The Bertz CT molecular complexity index is 2780. The molecule has 0 aliphatic carbocycles. The molecule has 0 aliphatic rings. The first-order chi connectivity index (χ1) is 24.3. The second-order valence-corrected chi connectivity index (χ2v) is 13.0. The summed E-state index contributed by atoms with van der Waals surface area (Å²) in [6.07, 6.45) is 2.95. The fourth-order valence-corrected chi connectivity index (χ4v) is 8.12. The monoisotopic (exact) mass is 628 g/mol. The lowest BCUT2D eigenvalue weighted by molar-refractivity contribution is 0.662. The summed E-state index contributed by atoms with van der Waals surface area (Å²) in [7, 11) is 0. The molecule has 10 rings (SSSR count). The van der Waals surface area contributed by atoms with Crippen molar-refractivity contribution >= 4 is 65.4 Å². The van der Waals surface area contributed by atoms with Crippen molar-refractivity contribution in [2.24, 2.45) is 0 Å². The maximum atomic E-state index is 6.45. The summed E-state index contributed by atoms with van der Waals surface area (Å²) in [5.74, 6) is 0. The van der Waals surface area contributed by atoms with Crippen molar-refractivity contribution in [2.45, 2.75) is 19.3 Å². The lowest BCUT2D eigenvalue weighted by Crippen LogP contribution is -1.96. The van der Waals surface area contributed by atoms with Gasteiger partial charge in [-0.05, 0) is 98.5 Å². The summed E-state index contributed by atoms with van der Waals surface area (Å²) in [5, 5.41) is 9.92. The first-order valence-electron chi connectivity index (χ1n) is 17.1. The average Bonchev–Trinajstić information content (AvgIpc) is 3.74. The van der Waals surface area contributed by atoms with Gasteiger partial charge in [0, 0.05) is 21.5 Å². The highest BCUT2D eigenvalue weighted by Crippen LogP contribution is 2.43. The van der Waals surface area contributed by atoms with Crippen molar-refractivity contribution in [1.29, 1.82) is 0 Å². The summed E-state index contributed by atoms with van der Waals surface area (Å²) >= 11 is 0. The van der Waals surface area contributed by atoms with Gasteiger partial charge in [0.25, 0.3) is 0 Å². The summed E-state index contributed by atoms with van der Waals surface area (Å²) in [5.41, 5.74) is 11.4. The molecule has 0 amide bonds. The van der Waals surface area contributed by atoms with E-state index in [-0.39, 0.29) is 0 Å². The summed E-state index contributed by atoms with van der Waals surface area (Å²) in [6, 6.07) is 56.5. The maximum Gasteiger partial charge on any atom is 0.136 e. The third-order valence-corrected chi connectivity index (χ3v) is 10.3. The number of fused-ring (bicyclic) bond motifs is 9. The van der Waals surface area contributed by atoms with Gasteiger partial charge in [-0.15, -0.1) is 0 Å². The van der Waals surface area contributed by atoms with Crippen LogP contribution in [-0.2, 0) is 12.8 Å². The van der Waals surface area contributed by atoms with Crippen LogP contribution in [0.4, 0.5) is 0 Å². The molecule has 0 atom stereocenters. The van der Waals surface area contributed by atoms with Crippen LogP contribution in [0, 0.1) is 0 Å². The van der Waals surface area contributed by atoms with E-state index < -0.39 is 0 Å². The molecule has 0 radical (unpaired) electrons. The molecule has 2 heterocycles. The zero-order valence-corrected chi connectivity index (χ0v) is 26.9. The van der Waals surface area contributed by atoms with Crippen LogP contribution in [0.15, 0.2) is 167 Å². The molecule has 0 fully saturated rings. The molecule has 2 aromatic heterocycles. The molecule has 232 valence electrons. The fourth-order valence-electron chi connectivity index (χ4n) is 8.12. The molecule has 8 aromatic carbocycles. The van der Waals surface area contributed by atoms with Crippen LogP contribution in [0.5, 0.6) is 0 Å². The molecule has 0 aliphatic heterocycles. The average molecular weight is 629 g/mol. The maximum absolute atomic E-state index is 6.45. The van der Waals surface area contributed by atoms with Crippen LogP contribution < -0.4 is 0 Å². The SMILES string of the molecule is c1ccc(-c2ccc(-c3c4ccccc4c(CCCc4cccc5oc6ccc7oc8ccccc8c7c6c45)c4ccccc34)cc2)cc1. The van der Waals surface area contributed by atoms with Gasteiger partial charge in [-0.25, -0.2) is 0 Å². The Balaban J connectivity index is 1.06. The summed E-state index contributed by atoms with van der Waals surface area (Å²) < 4.78 is 12.7. The molecule has 0 saturated carbocycles. The number of furan rings is 2. The Morgan fingerprint density at radius 2 is 0.857 bits per heavy atom. The standard InChI is InChI=1S/C47H32O2/c1-2-12-30(13-3-1)31-24-26-33(27-25-31)44-37-18-6-4-16-35(37)34(36-17-5-7-19-38(36)44)21-10-14-32-15-11-23-41-45(32)47-43(49-41)29-28-42-46(47)39-20-8-9-22-40(39)48-42/h1-9,11-13,15-20,22-29H,10,14,21H2. The number of rotatable bonds is 6. The van der Waals surface area contributed by atoms with E-state index in [2.05, 4.69) is 140 Å². The topological polar surface area (TPSA) is 26.3 Å². The Morgan fingerprint density at radius 3 is 1.59 bits per heavy atom. The Hall–Kier alpha value is -6.12. The van der Waals surface area contributed by atoms with Crippen LogP contribution in [0.1, 0.15) is 17.5 Å². The highest BCUT2D eigenvalue weighted by atomic mass is 16.3. The van der Waals surface area contributed by atoms with Gasteiger partial charge in [0.1, 0.15) is 22.3 Å². The number of hydrogen-bond acceptors (Lipinski definition) is 2. The van der Waals surface area contributed by atoms with Gasteiger partial charge in [0.2, 0.25) is 0 Å². The number of hydrogen-bond donors (Lipinski definition) is 0. The van der Waals surface area contributed by atoms with E-state index in [1.807, 2.05) is 18.2 Å². The molecule has 10 aromatic rings. The molecule has 49 heavy (non-hydrogen) atoms. The second-order valence-electron chi connectivity index (χ2n) is 13.0. The summed E-state index contributed by atoms with van der Waals surface area (Å²) in [4.78, 5) is 0. The third-order valence-electron chi connectivity index (χ3n) is 10.3. The van der Waals surface area contributed by atoms with Crippen molar-refractivity contribution in [2.75, 3.05) is 0 Å². The van der Waals surface area contributed by atoms with Crippen LogP contribution >= 0.6 is 0 Å². The normalized spacial score (nSPS) is 11.9. The largest absolute Gasteiger partial charge is 0.456 e. The number of para-hydroxylation sites is 1. The van der Waals surface area contributed by atoms with Gasteiger partial charge < -0.3 is 8.83 Å². The predicted octanol–water partition coefficient (Wildman–Crippen LogP) is 13.3. The van der Waals surface area contributed by atoms with Crippen LogP contribution in [0.25, 0.3) is 87.7 Å². The molecule has 0 spiro atoms. The van der Waals surface area contributed by atoms with Crippen molar-refractivity contribution in [3.8, 4) is 22.3 Å². The lowest BCUT2D eigenvalue weighted by Gasteiger charge is -2.18. The quantitative estimate of drug-likeness (QED) is 0.171. The van der Waals surface area contributed by atoms with Crippen LogP contribution in [-0.4, -0.2) is 0 Å². The molecule has 0 bridgehead atoms. The molecule has 0 unspecified atom stereocenters. The van der Waals surface area contributed by atoms with Crippen molar-refractivity contribution < 1.29 is 8.83 Å². The smallest absolute Gasteiger partial charge is 0.136 e. The minimum absolute atomic E-state index is 0.902. The van der Waals surface area contributed by atoms with Gasteiger partial charge in [0.15, 0.2) is 0 Å². The summed E-state index contributed by atoms with van der Waals surface area (Å²) in [6.45, 7) is 0. The van der Waals surface area contributed by atoms with Gasteiger partial charge >= 0.3 is 0 Å². The van der Waals surface area contributed by atoms with Crippen molar-refractivity contribution in [3.05, 3.63) is 169 Å². The van der Waals surface area contributed by atoms with Crippen molar-refractivity contribution in [3.63, 3.8) is 0 Å². The highest BCUT2D eigenvalue weighted by molar-refractivity contribution is 6.26. The van der Waals surface area contributed by atoms with Crippen molar-refractivity contribution in [1.82, 2.24) is 0 Å². The lowest BCUT2D eigenvalue weighted by atomic mass is 9.86. The fraction of sp³-hybridized carbons (Fsp3) is 0.0638. The highest BCUT2D eigenvalue weighted by Gasteiger charge is 2.19. The molecule has 0 saturated heterocycles. The first-order valence-corrected chi connectivity index (χ1v) is 17.1. The van der Waals surface area contributed by atoms with E-state index in [1.165, 1.54) is 60.3 Å². The molecule has 2 heteroatoms. The molecular formula is C47H32O2. The van der Waals surface area contributed by atoms with E-state index in [0.717, 1.165) is 57.8 Å². The van der Waals surface area contributed by atoms with Gasteiger partial charge in [-0.3, -0.25) is 0 Å². The van der Waals surface area contributed by atoms with Gasteiger partial charge in [-0.2, -0.15) is 0 Å². The molecule has 2 nitrogen and oxygen atoms in total. The van der Waals surface area contributed by atoms with Crippen LogP contribution in [0.2, 0.25) is 0 Å². The van der Waals surface area contributed by atoms with Gasteiger partial charge in [0.05, 0.1) is 0 Å². The van der Waals surface area contributed by atoms with E-state index in [9.17, 15) is 0 Å². The minimum Gasteiger partial charge on any atom is -0.456 e. The molecule has 0 N–H and O–H groups in total. The van der Waals surface area contributed by atoms with Crippen LogP contribution in [0.3, 0.4) is 0 Å². The number of benzene rings is 8. The van der Waals surface area contributed by atoms with E-state index in [1.54, 1.807) is 0 Å². The minimum atomic E-state index is 0.902.